The van der Waals surface area contributed by atoms with E-state index < -0.39 is 0 Å². The van der Waals surface area contributed by atoms with Crippen molar-refractivity contribution in [3.63, 3.8) is 0 Å². The van der Waals surface area contributed by atoms with Gasteiger partial charge in [0, 0.05) is 42.1 Å². The van der Waals surface area contributed by atoms with Gasteiger partial charge in [0.1, 0.15) is 0 Å². The van der Waals surface area contributed by atoms with Crippen LogP contribution in [-0.4, -0.2) is 32.8 Å². The van der Waals surface area contributed by atoms with E-state index in [0.29, 0.717) is 11.6 Å². The molecule has 0 saturated carbocycles. The van der Waals surface area contributed by atoms with Gasteiger partial charge in [-0.3, -0.25) is 14.8 Å². The van der Waals surface area contributed by atoms with Crippen molar-refractivity contribution in [1.29, 1.82) is 0 Å². The van der Waals surface area contributed by atoms with Crippen LogP contribution in [0.5, 0.6) is 0 Å². The summed E-state index contributed by atoms with van der Waals surface area (Å²) in [7, 11) is 0. The van der Waals surface area contributed by atoms with Crippen LogP contribution in [0.2, 0.25) is 0 Å². The standard InChI is InChI=1S/C19H21N5O2/c1-13-10-20-23(11-13)15-5-4-8-22(12-15)18-9-14(2)21-19-16(18)6-3-7-17(19)24(25)26/h3,6-7,9-11,15H,4-5,8,12H2,1-2H3. The molecule has 0 aliphatic carbocycles. The van der Waals surface area contributed by atoms with Crippen molar-refractivity contribution >= 4 is 22.3 Å². The average molecular weight is 351 g/mol. The Hall–Kier alpha value is -2.96. The number of para-hydroxylation sites is 1. The maximum Gasteiger partial charge on any atom is 0.295 e. The summed E-state index contributed by atoms with van der Waals surface area (Å²) < 4.78 is 2.04. The van der Waals surface area contributed by atoms with E-state index in [9.17, 15) is 10.1 Å². The van der Waals surface area contributed by atoms with Crippen LogP contribution in [0.4, 0.5) is 11.4 Å². The summed E-state index contributed by atoms with van der Waals surface area (Å²) in [5.41, 5.74) is 3.49. The van der Waals surface area contributed by atoms with E-state index in [4.69, 9.17) is 0 Å². The number of non-ortho nitro benzene ring substituents is 1. The van der Waals surface area contributed by atoms with Gasteiger partial charge in [-0.25, -0.2) is 4.98 Å². The zero-order valence-corrected chi connectivity index (χ0v) is 14.9. The molecule has 7 heteroatoms. The van der Waals surface area contributed by atoms with E-state index in [-0.39, 0.29) is 10.6 Å². The van der Waals surface area contributed by atoms with Gasteiger partial charge in [-0.15, -0.1) is 0 Å². The lowest BCUT2D eigenvalue weighted by Crippen LogP contribution is -2.37. The van der Waals surface area contributed by atoms with Gasteiger partial charge in [0.15, 0.2) is 5.52 Å². The lowest BCUT2D eigenvalue weighted by molar-refractivity contribution is -0.383. The molecule has 1 unspecified atom stereocenters. The molecule has 4 rings (SSSR count). The minimum atomic E-state index is -0.357. The van der Waals surface area contributed by atoms with Crippen molar-refractivity contribution in [2.45, 2.75) is 32.7 Å². The molecule has 0 spiro atoms. The number of piperidine rings is 1. The van der Waals surface area contributed by atoms with Crippen molar-refractivity contribution < 1.29 is 4.92 Å². The highest BCUT2D eigenvalue weighted by atomic mass is 16.6. The number of rotatable bonds is 3. The van der Waals surface area contributed by atoms with Crippen molar-refractivity contribution in [2.75, 3.05) is 18.0 Å². The van der Waals surface area contributed by atoms with E-state index in [1.54, 1.807) is 6.07 Å². The summed E-state index contributed by atoms with van der Waals surface area (Å²) in [4.78, 5) is 17.8. The monoisotopic (exact) mass is 351 g/mol. The number of pyridine rings is 1. The second-order valence-electron chi connectivity index (χ2n) is 6.95. The van der Waals surface area contributed by atoms with Gasteiger partial charge < -0.3 is 4.90 Å². The molecule has 1 aliphatic rings. The fourth-order valence-corrected chi connectivity index (χ4v) is 3.77. The molecule has 3 heterocycles. The second-order valence-corrected chi connectivity index (χ2v) is 6.95. The molecule has 3 aromatic rings. The molecule has 1 saturated heterocycles. The molecular weight excluding hydrogens is 330 g/mol. The minimum absolute atomic E-state index is 0.0590. The Labute approximate surface area is 151 Å². The van der Waals surface area contributed by atoms with Crippen LogP contribution >= 0.6 is 0 Å². The Morgan fingerprint density at radius 2 is 2.15 bits per heavy atom. The summed E-state index contributed by atoms with van der Waals surface area (Å²) in [6, 6.07) is 7.51. The molecule has 0 bridgehead atoms. The maximum atomic E-state index is 11.4. The number of nitro groups is 1. The third-order valence-electron chi connectivity index (χ3n) is 4.96. The topological polar surface area (TPSA) is 77.1 Å². The Balaban J connectivity index is 1.76. The van der Waals surface area contributed by atoms with Crippen LogP contribution in [-0.2, 0) is 0 Å². The summed E-state index contributed by atoms with van der Waals surface area (Å²) in [5.74, 6) is 0. The van der Waals surface area contributed by atoms with Crippen LogP contribution in [0.25, 0.3) is 10.9 Å². The van der Waals surface area contributed by atoms with Gasteiger partial charge in [0.25, 0.3) is 5.69 Å². The zero-order valence-electron chi connectivity index (χ0n) is 14.9. The first-order chi connectivity index (χ1) is 12.5. The molecular formula is C19H21N5O2. The third-order valence-corrected chi connectivity index (χ3v) is 4.96. The largest absolute Gasteiger partial charge is 0.369 e. The molecule has 1 aliphatic heterocycles. The molecule has 1 atom stereocenters. The minimum Gasteiger partial charge on any atom is -0.369 e. The van der Waals surface area contributed by atoms with Crippen molar-refractivity contribution in [1.82, 2.24) is 14.8 Å². The molecule has 7 nitrogen and oxygen atoms in total. The van der Waals surface area contributed by atoms with E-state index >= 15 is 0 Å². The van der Waals surface area contributed by atoms with Crippen molar-refractivity contribution in [3.05, 3.63) is 58.0 Å². The number of fused-ring (bicyclic) bond motifs is 1. The van der Waals surface area contributed by atoms with Gasteiger partial charge in [-0.2, -0.15) is 5.10 Å². The fraction of sp³-hybridized carbons (Fsp3) is 0.368. The van der Waals surface area contributed by atoms with Crippen molar-refractivity contribution in [2.24, 2.45) is 0 Å². The van der Waals surface area contributed by atoms with Crippen LogP contribution in [0.3, 0.4) is 0 Å². The smallest absolute Gasteiger partial charge is 0.295 e. The number of nitrogens with zero attached hydrogens (tertiary/aromatic N) is 5. The summed E-state index contributed by atoms with van der Waals surface area (Å²) in [6.07, 6.45) is 6.10. The normalized spacial score (nSPS) is 17.6. The Morgan fingerprint density at radius 1 is 1.31 bits per heavy atom. The predicted octanol–water partition coefficient (Wildman–Crippen LogP) is 3.80. The predicted molar refractivity (Wildman–Crippen MR) is 101 cm³/mol. The first kappa shape index (κ1) is 16.5. The lowest BCUT2D eigenvalue weighted by atomic mass is 10.0. The molecule has 134 valence electrons. The van der Waals surface area contributed by atoms with E-state index in [2.05, 4.69) is 21.2 Å². The molecule has 1 fully saturated rings. The number of nitro benzene ring substituents is 1. The fourth-order valence-electron chi connectivity index (χ4n) is 3.77. The molecule has 0 radical (unpaired) electrons. The molecule has 0 N–H and O–H groups in total. The first-order valence-corrected chi connectivity index (χ1v) is 8.83. The lowest BCUT2D eigenvalue weighted by Gasteiger charge is -2.35. The van der Waals surface area contributed by atoms with Crippen molar-refractivity contribution in [3.8, 4) is 0 Å². The maximum absolute atomic E-state index is 11.4. The molecule has 0 amide bonds. The van der Waals surface area contributed by atoms with Crippen LogP contribution < -0.4 is 4.90 Å². The number of benzene rings is 1. The van der Waals surface area contributed by atoms with E-state index in [0.717, 1.165) is 48.3 Å². The highest BCUT2D eigenvalue weighted by Crippen LogP contribution is 2.34. The van der Waals surface area contributed by atoms with E-state index in [1.165, 1.54) is 6.07 Å². The SMILES string of the molecule is Cc1cnn(C2CCCN(c3cc(C)nc4c([N+](=O)[O-])cccc34)C2)c1. The van der Waals surface area contributed by atoms with E-state index in [1.807, 2.05) is 36.9 Å². The van der Waals surface area contributed by atoms with Gasteiger partial charge in [-0.05, 0) is 38.3 Å². The Morgan fingerprint density at radius 3 is 2.88 bits per heavy atom. The highest BCUT2D eigenvalue weighted by molar-refractivity contribution is 5.97. The molecule has 1 aromatic carbocycles. The molecule has 26 heavy (non-hydrogen) atoms. The number of anilines is 1. The summed E-state index contributed by atoms with van der Waals surface area (Å²) >= 11 is 0. The number of hydrogen-bond donors (Lipinski definition) is 0. The number of aryl methyl sites for hydroxylation is 2. The molecule has 2 aromatic heterocycles. The number of hydrogen-bond acceptors (Lipinski definition) is 5. The summed E-state index contributed by atoms with van der Waals surface area (Å²) in [5, 5.41) is 16.7. The average Bonchev–Trinajstić information content (AvgIpc) is 3.07. The summed E-state index contributed by atoms with van der Waals surface area (Å²) in [6.45, 7) is 5.70. The van der Waals surface area contributed by atoms with Gasteiger partial charge in [0.05, 0.1) is 17.2 Å². The van der Waals surface area contributed by atoms with Gasteiger partial charge >= 0.3 is 0 Å². The van der Waals surface area contributed by atoms with Gasteiger partial charge in [0.2, 0.25) is 0 Å². The third kappa shape index (κ3) is 2.89. The van der Waals surface area contributed by atoms with Crippen LogP contribution in [0.1, 0.15) is 30.1 Å². The van der Waals surface area contributed by atoms with Gasteiger partial charge in [-0.1, -0.05) is 12.1 Å². The quantitative estimate of drug-likeness (QED) is 0.530. The van der Waals surface area contributed by atoms with Crippen LogP contribution in [0, 0.1) is 24.0 Å². The first-order valence-electron chi connectivity index (χ1n) is 8.83. The number of aromatic nitrogens is 3. The highest BCUT2D eigenvalue weighted by Gasteiger charge is 2.25. The Kier molecular flexibility index (Phi) is 4.06. The van der Waals surface area contributed by atoms with Crippen LogP contribution in [0.15, 0.2) is 36.7 Å². The Bertz CT molecular complexity index is 981. The zero-order chi connectivity index (χ0) is 18.3. The second kappa shape index (κ2) is 6.40.